The number of rotatable bonds is 11. The van der Waals surface area contributed by atoms with E-state index in [-0.39, 0.29) is 95.6 Å². The van der Waals surface area contributed by atoms with Gasteiger partial charge < -0.3 is 28.4 Å². The summed E-state index contributed by atoms with van der Waals surface area (Å²) in [5, 5.41) is 0. The van der Waals surface area contributed by atoms with Gasteiger partial charge in [0.1, 0.15) is 24.4 Å². The van der Waals surface area contributed by atoms with Crippen LogP contribution in [0.1, 0.15) is 51.7 Å². The van der Waals surface area contributed by atoms with Crippen molar-refractivity contribution in [2.45, 2.75) is 65.0 Å². The number of esters is 4. The maximum atomic E-state index is 11.8. The highest BCUT2D eigenvalue weighted by Crippen LogP contribution is 2.52. The fourth-order valence-electron chi connectivity index (χ4n) is 9.21. The van der Waals surface area contributed by atoms with Crippen LogP contribution in [0.4, 0.5) is 0 Å². The fraction of sp³-hybridized carbons (Fsp3) is 0.393. The third kappa shape index (κ3) is 13.0. The monoisotopic (exact) mass is 896 g/mol. The van der Waals surface area contributed by atoms with E-state index in [9.17, 15) is 19.2 Å². The molecule has 0 N–H and O–H groups in total. The molecular formula is C56H64O10. The van der Waals surface area contributed by atoms with Gasteiger partial charge in [-0.15, -0.1) is 6.58 Å². The van der Waals surface area contributed by atoms with Gasteiger partial charge in [-0.05, 0) is 86.5 Å². The van der Waals surface area contributed by atoms with Crippen LogP contribution >= 0.6 is 0 Å². The molecule has 2 bridgehead atoms. The molecule has 0 radical (unpaired) electrons. The summed E-state index contributed by atoms with van der Waals surface area (Å²) >= 11 is 0. The van der Waals surface area contributed by atoms with E-state index in [0.29, 0.717) is 13.2 Å². The Morgan fingerprint density at radius 1 is 0.606 bits per heavy atom. The van der Waals surface area contributed by atoms with Gasteiger partial charge >= 0.3 is 23.9 Å². The third-order valence-corrected chi connectivity index (χ3v) is 12.6. The molecule has 4 aliphatic heterocycles. The number of carbonyl (C=O) groups excluding carboxylic acids is 4. The molecule has 0 amide bonds. The largest absolute Gasteiger partial charge is 0.393 e. The van der Waals surface area contributed by atoms with Crippen LogP contribution in [0.15, 0.2) is 158 Å². The molecule has 4 aliphatic carbocycles. The van der Waals surface area contributed by atoms with Crippen LogP contribution in [0.3, 0.4) is 0 Å². The normalized spacial score (nSPS) is 31.2. The number of allylic oxidation sites excluding steroid dienone is 4. The van der Waals surface area contributed by atoms with Crippen molar-refractivity contribution >= 4 is 36.0 Å². The second-order valence-corrected chi connectivity index (χ2v) is 18.1. The lowest BCUT2D eigenvalue weighted by atomic mass is 9.85. The number of hydrogen-bond acceptors (Lipinski definition) is 10. The first-order valence-corrected chi connectivity index (χ1v) is 22.8. The molecule has 4 heterocycles. The summed E-state index contributed by atoms with van der Waals surface area (Å²) in [5.41, 5.74) is 6.94. The smallest absolute Gasteiger partial charge is 0.318 e. The topological polar surface area (TPSA) is 124 Å². The molecule has 12 atom stereocenters. The number of carbonyl (C=O) groups is 4. The molecule has 6 unspecified atom stereocenters. The number of benzene rings is 2. The van der Waals surface area contributed by atoms with Gasteiger partial charge in [-0.2, -0.15) is 0 Å². The molecule has 2 aromatic carbocycles. The Labute approximate surface area is 390 Å². The highest BCUT2D eigenvalue weighted by molar-refractivity contribution is 5.98. The molecular weight excluding hydrogens is 833 g/mol. The molecule has 0 spiro atoms. The van der Waals surface area contributed by atoms with E-state index in [1.807, 2.05) is 117 Å². The van der Waals surface area contributed by atoms with Gasteiger partial charge in [0.05, 0.1) is 50.1 Å². The lowest BCUT2D eigenvalue weighted by Crippen LogP contribution is -2.36. The van der Waals surface area contributed by atoms with E-state index < -0.39 is 0 Å². The number of cyclic esters (lactones) is 4. The Kier molecular flexibility index (Phi) is 17.8. The van der Waals surface area contributed by atoms with E-state index >= 15 is 0 Å². The molecule has 2 saturated carbocycles. The first-order chi connectivity index (χ1) is 31.8. The Bertz CT molecular complexity index is 2170. The van der Waals surface area contributed by atoms with Gasteiger partial charge in [-0.25, -0.2) is 0 Å². The molecule has 348 valence electrons. The van der Waals surface area contributed by atoms with E-state index in [4.69, 9.17) is 23.7 Å². The minimum absolute atomic E-state index is 0.0318. The van der Waals surface area contributed by atoms with Crippen molar-refractivity contribution < 1.29 is 47.6 Å². The lowest BCUT2D eigenvalue weighted by Gasteiger charge is -2.29. The molecule has 4 fully saturated rings. The van der Waals surface area contributed by atoms with Gasteiger partial charge in [0.25, 0.3) is 0 Å². The first kappa shape index (κ1) is 49.6. The summed E-state index contributed by atoms with van der Waals surface area (Å²) < 4.78 is 31.5. The number of fused-ring (bicyclic) bond motifs is 6. The van der Waals surface area contributed by atoms with Gasteiger partial charge in [0.15, 0.2) is 0 Å². The van der Waals surface area contributed by atoms with Crippen molar-refractivity contribution in [1.82, 2.24) is 0 Å². The Morgan fingerprint density at radius 2 is 1.05 bits per heavy atom. The fourth-order valence-corrected chi connectivity index (χ4v) is 9.21. The molecule has 10 nitrogen and oxygen atoms in total. The summed E-state index contributed by atoms with van der Waals surface area (Å²) in [4.78, 5) is 45.9. The van der Waals surface area contributed by atoms with Crippen LogP contribution in [-0.4, -0.2) is 74.7 Å². The van der Waals surface area contributed by atoms with Gasteiger partial charge in [-0.3, -0.25) is 19.2 Å². The van der Waals surface area contributed by atoms with Crippen molar-refractivity contribution in [2.75, 3.05) is 26.4 Å². The average molecular weight is 897 g/mol. The third-order valence-electron chi connectivity index (χ3n) is 12.6. The van der Waals surface area contributed by atoms with Crippen molar-refractivity contribution in [3.63, 3.8) is 0 Å². The molecule has 2 saturated heterocycles. The van der Waals surface area contributed by atoms with Crippen molar-refractivity contribution in [1.29, 1.82) is 0 Å². The number of hydrogen-bond donors (Lipinski definition) is 0. The van der Waals surface area contributed by atoms with Crippen LogP contribution in [0, 0.1) is 47.3 Å². The highest BCUT2D eigenvalue weighted by Gasteiger charge is 2.58. The molecule has 8 aliphatic rings. The first-order valence-electron chi connectivity index (χ1n) is 22.8. The molecule has 2 aromatic rings. The Hall–Kier alpha value is -5.78. The zero-order chi connectivity index (χ0) is 47.3. The van der Waals surface area contributed by atoms with Crippen molar-refractivity contribution in [3.8, 4) is 0 Å². The summed E-state index contributed by atoms with van der Waals surface area (Å²) in [7, 11) is 0. The Balaban J connectivity index is 0.000000141. The van der Waals surface area contributed by atoms with E-state index in [1.165, 1.54) is 16.7 Å². The maximum Gasteiger partial charge on any atom is 0.318 e. The van der Waals surface area contributed by atoms with Crippen LogP contribution in [0.5, 0.6) is 0 Å². The van der Waals surface area contributed by atoms with Gasteiger partial charge in [0, 0.05) is 0 Å². The zero-order valence-electron chi connectivity index (χ0n) is 38.6. The SMILES string of the molecule is C=C(C)CO[C@H]1C=C[C@H]1OCC(=C)C.C=CC1CC(/C=C/c2ccccc2)C2C(=O)OC(=O)[C@@H]12.C=Cc1ccccc1.CC1=C[C@@H]([C@H]2C=C(C)CO2)OC1.O=C1OC(=O)[C@H]2C3C=CC(C3)C12. The van der Waals surface area contributed by atoms with Crippen LogP contribution in [0.25, 0.3) is 12.2 Å². The van der Waals surface area contributed by atoms with Gasteiger partial charge in [0.2, 0.25) is 0 Å². The highest BCUT2D eigenvalue weighted by atomic mass is 16.6. The quantitative estimate of drug-likeness (QED) is 0.122. The summed E-state index contributed by atoms with van der Waals surface area (Å²) in [5.74, 6) is -1.73. The summed E-state index contributed by atoms with van der Waals surface area (Å²) in [6.07, 6.45) is 22.3. The Morgan fingerprint density at radius 3 is 1.42 bits per heavy atom. The van der Waals surface area contributed by atoms with E-state index in [2.05, 4.69) is 57.1 Å². The van der Waals surface area contributed by atoms with Crippen LogP contribution < -0.4 is 0 Å². The van der Waals surface area contributed by atoms with Crippen molar-refractivity contribution in [3.05, 3.63) is 169 Å². The van der Waals surface area contributed by atoms with E-state index in [1.54, 1.807) is 6.08 Å². The number of ether oxygens (including phenoxy) is 6. The standard InChI is InChI=1S/C17H16O3.C12H18O2.C10H14O2.C9H8O3.C8H8/c1-2-12-10-13(9-8-11-6-4-3-5-7-11)15-14(12)16(18)20-17(15)19;1-9(2)7-13-11-5-6-12(11)14-8-10(3)4;1-7-3-9(11-5-7)10-4-8(2)6-12-10;10-8-6-4-1-2-5(3-4)7(6)9(11)12-8;1-2-8-6-4-3-5-7-8/h2-9,12-15H,1,10H2;5-6,11-12H,1,3,7-8H2,2,4H3;3-4,9-10H,5-6H2,1-2H3;1-2,4-7H,3H2;2-7H,1H2/b9-8+;;;;/t12?,13?,14-,15?;11-,12+;9-,10+;4?,5?,6-,7?;/m0..0./s1. The van der Waals surface area contributed by atoms with Crippen molar-refractivity contribution in [2.24, 2.45) is 47.3 Å². The predicted octanol–water partition coefficient (Wildman–Crippen LogP) is 9.83. The van der Waals surface area contributed by atoms with E-state index in [0.717, 1.165) is 42.8 Å². The molecule has 10 heteroatoms. The van der Waals surface area contributed by atoms with Gasteiger partial charge in [-0.1, -0.05) is 152 Å². The molecule has 10 rings (SSSR count). The maximum absolute atomic E-state index is 11.8. The van der Waals surface area contributed by atoms with Crippen LogP contribution in [-0.2, 0) is 47.6 Å². The summed E-state index contributed by atoms with van der Waals surface area (Å²) in [6, 6.07) is 19.9. The minimum Gasteiger partial charge on any atom is -0.393 e. The molecule has 0 aromatic heterocycles. The minimum atomic E-state index is -0.388. The second-order valence-electron chi connectivity index (χ2n) is 18.1. The summed E-state index contributed by atoms with van der Waals surface area (Å²) in [6.45, 7) is 25.8. The predicted molar refractivity (Wildman–Crippen MR) is 256 cm³/mol. The second kappa shape index (κ2) is 23.6. The zero-order valence-corrected chi connectivity index (χ0v) is 38.6. The lowest BCUT2D eigenvalue weighted by molar-refractivity contribution is -0.156. The molecule has 66 heavy (non-hydrogen) atoms. The van der Waals surface area contributed by atoms with Crippen LogP contribution in [0.2, 0.25) is 0 Å². The average Bonchev–Trinajstić information content (AvgIpc) is 4.18.